The van der Waals surface area contributed by atoms with Gasteiger partial charge in [0, 0.05) is 11.8 Å². The second-order valence-electron chi connectivity index (χ2n) is 9.09. The van der Waals surface area contributed by atoms with E-state index < -0.39 is 0 Å². The molecule has 4 heteroatoms. The number of aromatic nitrogens is 2. The molecule has 1 heterocycles. The molecule has 0 fully saturated rings. The van der Waals surface area contributed by atoms with Crippen molar-refractivity contribution in [3.05, 3.63) is 108 Å². The summed E-state index contributed by atoms with van der Waals surface area (Å²) in [4.78, 5) is 7.08. The first-order valence-corrected chi connectivity index (χ1v) is 12.0. The predicted molar refractivity (Wildman–Crippen MR) is 142 cm³/mol. The number of rotatable bonds is 1. The third kappa shape index (κ3) is 3.87. The molecular weight excluding hydrogens is 432 g/mol. The summed E-state index contributed by atoms with van der Waals surface area (Å²) in [6.07, 6.45) is 13.0. The highest BCUT2D eigenvalue weighted by molar-refractivity contribution is 5.97. The van der Waals surface area contributed by atoms with Crippen LogP contribution in [0.3, 0.4) is 0 Å². The summed E-state index contributed by atoms with van der Waals surface area (Å²) in [5.74, 6) is -0.239. The van der Waals surface area contributed by atoms with E-state index in [0.717, 1.165) is 22.0 Å². The number of nitrogens with one attached hydrogen (secondary N) is 1. The van der Waals surface area contributed by atoms with Gasteiger partial charge in [-0.1, -0.05) is 72.3 Å². The molecule has 35 heavy (non-hydrogen) atoms. The van der Waals surface area contributed by atoms with Gasteiger partial charge in [-0.25, -0.2) is 4.98 Å². The molecule has 0 aliphatic heterocycles. The second-order valence-corrected chi connectivity index (χ2v) is 9.09. The molecule has 0 radical (unpaired) electrons. The third-order valence-electron chi connectivity index (χ3n) is 7.04. The standard InChI is InChI=1S/C18H16.C13H10N2O2/c1-3-7-15-13(5-1)9-11-18-16-8-4-2-6-14(16)10-12-17(15)18;16-12-4-8-2-1-3-9(10(8)5-13(12)17)11-6-14-7-15-11/h1,3-5,7-9,11H,2,6,10,12H2;1-7,16-17H,(H,14,15). The van der Waals surface area contributed by atoms with Crippen LogP contribution in [0.4, 0.5) is 0 Å². The Bertz CT molecular complexity index is 1610. The Balaban J connectivity index is 0.000000131. The van der Waals surface area contributed by atoms with Crippen LogP contribution < -0.4 is 0 Å². The Hall–Kier alpha value is -4.31. The molecule has 0 unspecified atom stereocenters. The van der Waals surface area contributed by atoms with Gasteiger partial charge in [-0.3, -0.25) is 0 Å². The van der Waals surface area contributed by atoms with E-state index in [9.17, 15) is 10.2 Å². The largest absolute Gasteiger partial charge is 0.504 e. The van der Waals surface area contributed by atoms with Crippen LogP contribution in [0.5, 0.6) is 11.5 Å². The van der Waals surface area contributed by atoms with Crippen molar-refractivity contribution in [1.29, 1.82) is 0 Å². The number of aromatic amines is 1. The minimum absolute atomic E-state index is 0.114. The number of hydrogen-bond donors (Lipinski definition) is 3. The molecule has 0 bridgehead atoms. The quantitative estimate of drug-likeness (QED) is 0.227. The first-order valence-electron chi connectivity index (χ1n) is 12.0. The molecule has 0 amide bonds. The first-order chi connectivity index (χ1) is 17.2. The topological polar surface area (TPSA) is 69.1 Å². The first kappa shape index (κ1) is 21.2. The molecule has 3 N–H and O–H groups in total. The molecule has 0 saturated carbocycles. The van der Waals surface area contributed by atoms with Crippen molar-refractivity contribution in [2.75, 3.05) is 0 Å². The number of phenols is 2. The number of fused-ring (bicyclic) bond motifs is 5. The molecule has 4 nitrogen and oxygen atoms in total. The Labute approximate surface area is 203 Å². The number of aromatic hydroxyl groups is 2. The van der Waals surface area contributed by atoms with Gasteiger partial charge in [0.15, 0.2) is 11.5 Å². The summed E-state index contributed by atoms with van der Waals surface area (Å²) >= 11 is 0. The van der Waals surface area contributed by atoms with E-state index in [-0.39, 0.29) is 11.5 Å². The zero-order valence-electron chi connectivity index (χ0n) is 19.3. The summed E-state index contributed by atoms with van der Waals surface area (Å²) in [7, 11) is 0. The SMILES string of the molecule is C1=CC2=C(CC1)CCc1c2ccc2ccccc12.Oc1cc2cccc(-c3c[nH]cn3)c2cc1O. The maximum atomic E-state index is 9.56. The number of phenolic OH excluding ortho intramolecular Hbond substituents is 2. The molecule has 2 aliphatic rings. The van der Waals surface area contributed by atoms with Crippen molar-refractivity contribution in [1.82, 2.24) is 9.97 Å². The van der Waals surface area contributed by atoms with Crippen molar-refractivity contribution in [2.24, 2.45) is 0 Å². The fraction of sp³-hybridized carbons (Fsp3) is 0.129. The van der Waals surface area contributed by atoms with Gasteiger partial charge >= 0.3 is 0 Å². The van der Waals surface area contributed by atoms with Gasteiger partial charge < -0.3 is 15.2 Å². The summed E-state index contributed by atoms with van der Waals surface area (Å²) in [5, 5.41) is 23.6. The summed E-state index contributed by atoms with van der Waals surface area (Å²) in [6, 6.07) is 22.2. The Morgan fingerprint density at radius 3 is 2.49 bits per heavy atom. The average Bonchev–Trinajstić information content (AvgIpc) is 3.44. The number of nitrogens with zero attached hydrogens (tertiary/aromatic N) is 1. The van der Waals surface area contributed by atoms with Crippen molar-refractivity contribution in [3.63, 3.8) is 0 Å². The van der Waals surface area contributed by atoms with Crippen molar-refractivity contribution < 1.29 is 10.2 Å². The fourth-order valence-electron chi connectivity index (χ4n) is 5.32. The van der Waals surface area contributed by atoms with Gasteiger partial charge in [-0.2, -0.15) is 0 Å². The minimum atomic E-state index is -0.125. The molecule has 5 aromatic rings. The molecule has 0 saturated heterocycles. The van der Waals surface area contributed by atoms with Crippen LogP contribution in [-0.2, 0) is 6.42 Å². The smallest absolute Gasteiger partial charge is 0.158 e. The van der Waals surface area contributed by atoms with Crippen LogP contribution in [0.15, 0.2) is 97.0 Å². The van der Waals surface area contributed by atoms with E-state index in [1.807, 2.05) is 18.2 Å². The molecule has 0 spiro atoms. The molecule has 4 aromatic carbocycles. The highest BCUT2D eigenvalue weighted by atomic mass is 16.3. The summed E-state index contributed by atoms with van der Waals surface area (Å²) < 4.78 is 0. The lowest BCUT2D eigenvalue weighted by Crippen LogP contribution is -2.06. The van der Waals surface area contributed by atoms with Gasteiger partial charge in [-0.05, 0) is 76.1 Å². The number of hydrogen-bond acceptors (Lipinski definition) is 3. The number of H-pyrrole nitrogens is 1. The van der Waals surface area contributed by atoms with Gasteiger partial charge in [0.05, 0.1) is 12.0 Å². The zero-order chi connectivity index (χ0) is 23.8. The predicted octanol–water partition coefficient (Wildman–Crippen LogP) is 7.53. The average molecular weight is 459 g/mol. The normalized spacial score (nSPS) is 14.4. The maximum Gasteiger partial charge on any atom is 0.158 e. The van der Waals surface area contributed by atoms with Crippen LogP contribution in [0.25, 0.3) is 38.4 Å². The van der Waals surface area contributed by atoms with Gasteiger partial charge in [0.2, 0.25) is 0 Å². The maximum absolute atomic E-state index is 9.56. The van der Waals surface area contributed by atoms with Gasteiger partial charge in [-0.15, -0.1) is 0 Å². The third-order valence-corrected chi connectivity index (χ3v) is 7.04. The van der Waals surface area contributed by atoms with Crippen LogP contribution in [-0.4, -0.2) is 20.2 Å². The zero-order valence-corrected chi connectivity index (χ0v) is 19.3. The summed E-state index contributed by atoms with van der Waals surface area (Å²) in [6.45, 7) is 0. The Morgan fingerprint density at radius 1 is 0.743 bits per heavy atom. The molecular formula is C31H26N2O2. The number of aryl methyl sites for hydroxylation is 1. The monoisotopic (exact) mass is 458 g/mol. The fourth-order valence-corrected chi connectivity index (χ4v) is 5.32. The van der Waals surface area contributed by atoms with Crippen molar-refractivity contribution in [2.45, 2.75) is 25.7 Å². The molecule has 7 rings (SSSR count). The number of imidazole rings is 1. The molecule has 1 aromatic heterocycles. The van der Waals surface area contributed by atoms with Crippen LogP contribution >= 0.6 is 0 Å². The Morgan fingerprint density at radius 2 is 1.60 bits per heavy atom. The number of allylic oxidation sites excluding steroid dienone is 4. The van der Waals surface area contributed by atoms with E-state index in [4.69, 9.17) is 0 Å². The Kier molecular flexibility index (Phi) is 5.34. The molecule has 2 aliphatic carbocycles. The molecule has 172 valence electrons. The van der Waals surface area contributed by atoms with E-state index in [0.29, 0.717) is 0 Å². The van der Waals surface area contributed by atoms with Crippen molar-refractivity contribution in [3.8, 4) is 22.8 Å². The highest BCUT2D eigenvalue weighted by Gasteiger charge is 2.20. The lowest BCUT2D eigenvalue weighted by Gasteiger charge is -2.25. The van der Waals surface area contributed by atoms with Crippen molar-refractivity contribution >= 4 is 27.1 Å². The van der Waals surface area contributed by atoms with Gasteiger partial charge in [0.25, 0.3) is 0 Å². The van der Waals surface area contributed by atoms with Gasteiger partial charge in [0.1, 0.15) is 0 Å². The molecule has 0 atom stereocenters. The van der Waals surface area contributed by atoms with Crippen LogP contribution in [0.1, 0.15) is 30.4 Å². The minimum Gasteiger partial charge on any atom is -0.504 e. The van der Waals surface area contributed by atoms with Crippen LogP contribution in [0.2, 0.25) is 0 Å². The van der Waals surface area contributed by atoms with E-state index in [1.165, 1.54) is 47.6 Å². The lowest BCUT2D eigenvalue weighted by molar-refractivity contribution is 0.405. The number of benzene rings is 4. The van der Waals surface area contributed by atoms with Crippen LogP contribution in [0, 0.1) is 0 Å². The van der Waals surface area contributed by atoms with E-state index >= 15 is 0 Å². The highest BCUT2D eigenvalue weighted by Crippen LogP contribution is 2.39. The lowest BCUT2D eigenvalue weighted by atomic mass is 9.80. The second kappa shape index (κ2) is 8.80. The van der Waals surface area contributed by atoms with E-state index in [2.05, 4.69) is 58.5 Å². The summed E-state index contributed by atoms with van der Waals surface area (Å²) in [5.41, 5.74) is 7.93. The van der Waals surface area contributed by atoms with E-state index in [1.54, 1.807) is 35.8 Å².